The maximum Gasteiger partial charge on any atom is 0.267 e. The van der Waals surface area contributed by atoms with Gasteiger partial charge in [0.15, 0.2) is 11.6 Å². The zero-order chi connectivity index (χ0) is 30.5. The van der Waals surface area contributed by atoms with Crippen LogP contribution >= 0.6 is 0 Å². The summed E-state index contributed by atoms with van der Waals surface area (Å²) in [5.74, 6) is -0.775. The normalized spacial score (nSPS) is 20.4. The number of aromatic nitrogens is 4. The number of nitrogens with two attached hydrogens (primary N) is 1. The number of hydrogen-bond donors (Lipinski definition) is 3. The Morgan fingerprint density at radius 2 is 1.91 bits per heavy atom. The molecule has 1 spiro atoms. The average Bonchev–Trinajstić information content (AvgIpc) is 3.59. The molecule has 0 saturated heterocycles. The van der Waals surface area contributed by atoms with Crippen LogP contribution in [0.3, 0.4) is 0 Å². The molecule has 3 aliphatic rings. The Bertz CT molecular complexity index is 1750. The standard InChI is InChI=1S/C17H20F2N2O.C15H12N4O2/c1-17(2,22)14-9-20-15-8-3-5-11(10-21(14)15)12-6-4-7-13(18)16(12)19;16-12(20)11-4-8-5-15(6-9(8)7-18-11)10-2-1-3-17-13(10)19-14(15)21/h4,6-7,9,11,22H,3,5,8,10H2,1-2H3;1-4,7H,5-6H2,(H2,16,20)(H,17,19,21). The lowest BCUT2D eigenvalue weighted by molar-refractivity contribution is -0.120. The van der Waals surface area contributed by atoms with Crippen LogP contribution in [0.2, 0.25) is 0 Å². The number of rotatable bonds is 3. The number of primary amides is 1. The Balaban J connectivity index is 0.000000153. The molecule has 7 rings (SSSR count). The fraction of sp³-hybridized carbons (Fsp3) is 0.344. The first-order valence-electron chi connectivity index (χ1n) is 14.2. The van der Waals surface area contributed by atoms with Crippen LogP contribution in [0, 0.1) is 11.6 Å². The van der Waals surface area contributed by atoms with Gasteiger partial charge < -0.3 is 20.7 Å². The van der Waals surface area contributed by atoms with Crippen LogP contribution in [0.5, 0.6) is 0 Å². The van der Waals surface area contributed by atoms with Crippen molar-refractivity contribution in [3.05, 3.63) is 106 Å². The Hall–Kier alpha value is -4.51. The van der Waals surface area contributed by atoms with Crippen molar-refractivity contribution in [3.63, 3.8) is 0 Å². The number of carbonyl (C=O) groups excluding carboxylic acids is 2. The smallest absolute Gasteiger partial charge is 0.267 e. The molecule has 222 valence electrons. The molecule has 0 radical (unpaired) electrons. The van der Waals surface area contributed by atoms with E-state index in [9.17, 15) is 23.5 Å². The van der Waals surface area contributed by atoms with Crippen LogP contribution in [-0.2, 0) is 41.6 Å². The van der Waals surface area contributed by atoms with E-state index in [1.807, 2.05) is 16.7 Å². The molecule has 11 heteroatoms. The van der Waals surface area contributed by atoms with E-state index in [1.165, 1.54) is 0 Å². The molecular weight excluding hydrogens is 554 g/mol. The molecular formula is C32H32F2N6O3. The van der Waals surface area contributed by atoms with Crippen molar-refractivity contribution in [1.82, 2.24) is 19.5 Å². The van der Waals surface area contributed by atoms with Crippen molar-refractivity contribution in [2.24, 2.45) is 5.73 Å². The number of aryl methyl sites for hydroxylation is 1. The molecule has 43 heavy (non-hydrogen) atoms. The minimum atomic E-state index is -1.01. The van der Waals surface area contributed by atoms with Crippen molar-refractivity contribution >= 4 is 17.6 Å². The summed E-state index contributed by atoms with van der Waals surface area (Å²) >= 11 is 0. The molecule has 2 aliphatic heterocycles. The maximum absolute atomic E-state index is 14.1. The van der Waals surface area contributed by atoms with Gasteiger partial charge in [0.05, 0.1) is 17.3 Å². The minimum absolute atomic E-state index is 0.0481. The second-order valence-electron chi connectivity index (χ2n) is 12.0. The van der Waals surface area contributed by atoms with Crippen LogP contribution in [-0.4, -0.2) is 36.4 Å². The van der Waals surface area contributed by atoms with Crippen LogP contribution in [0.25, 0.3) is 0 Å². The number of fused-ring (bicyclic) bond motifs is 4. The molecule has 4 aromatic rings. The van der Waals surface area contributed by atoms with E-state index < -0.39 is 28.6 Å². The van der Waals surface area contributed by atoms with Gasteiger partial charge in [-0.3, -0.25) is 14.6 Å². The second-order valence-corrected chi connectivity index (χ2v) is 12.0. The largest absolute Gasteiger partial charge is 0.384 e. The molecule has 0 saturated carbocycles. The third-order valence-electron chi connectivity index (χ3n) is 8.65. The van der Waals surface area contributed by atoms with Crippen LogP contribution in [0.15, 0.2) is 55.0 Å². The summed E-state index contributed by atoms with van der Waals surface area (Å²) in [5.41, 5.74) is 7.81. The fourth-order valence-electron chi connectivity index (χ4n) is 6.50. The molecule has 9 nitrogen and oxygen atoms in total. The van der Waals surface area contributed by atoms with Gasteiger partial charge in [-0.15, -0.1) is 0 Å². The van der Waals surface area contributed by atoms with Crippen molar-refractivity contribution in [2.45, 2.75) is 69.4 Å². The van der Waals surface area contributed by atoms with Crippen LogP contribution in [0.1, 0.15) is 76.9 Å². The number of benzene rings is 1. The second kappa shape index (κ2) is 10.6. The third-order valence-corrected chi connectivity index (χ3v) is 8.65. The lowest BCUT2D eigenvalue weighted by Gasteiger charge is -2.23. The van der Waals surface area contributed by atoms with E-state index in [1.54, 1.807) is 50.6 Å². The number of halogens is 2. The number of carbonyl (C=O) groups is 2. The van der Waals surface area contributed by atoms with E-state index in [2.05, 4.69) is 20.3 Å². The SMILES string of the molecule is CC(C)(O)c1cnc2n1CC(c1cccc(F)c1F)CCC2.NC(=O)c1cc2c(cn1)CC1(C2)C(=O)Nc2ncccc21. The van der Waals surface area contributed by atoms with Gasteiger partial charge in [0.1, 0.15) is 22.9 Å². The van der Waals surface area contributed by atoms with Gasteiger partial charge in [-0.2, -0.15) is 0 Å². The van der Waals surface area contributed by atoms with Crippen molar-refractivity contribution in [1.29, 1.82) is 0 Å². The molecule has 0 fully saturated rings. The first-order valence-corrected chi connectivity index (χ1v) is 14.2. The molecule has 3 aromatic heterocycles. The highest BCUT2D eigenvalue weighted by Crippen LogP contribution is 2.46. The Labute approximate surface area is 247 Å². The predicted octanol–water partition coefficient (Wildman–Crippen LogP) is 4.07. The zero-order valence-electron chi connectivity index (χ0n) is 23.9. The molecule has 1 aliphatic carbocycles. The van der Waals surface area contributed by atoms with E-state index in [4.69, 9.17) is 5.73 Å². The van der Waals surface area contributed by atoms with Crippen LogP contribution < -0.4 is 11.1 Å². The highest BCUT2D eigenvalue weighted by atomic mass is 19.2. The number of imidazole rings is 1. The Morgan fingerprint density at radius 1 is 1.12 bits per heavy atom. The van der Waals surface area contributed by atoms with Crippen molar-refractivity contribution in [2.75, 3.05) is 5.32 Å². The van der Waals surface area contributed by atoms with Gasteiger partial charge >= 0.3 is 0 Å². The fourth-order valence-corrected chi connectivity index (χ4v) is 6.50. The summed E-state index contributed by atoms with van der Waals surface area (Å²) < 4.78 is 29.6. The molecule has 0 bridgehead atoms. The summed E-state index contributed by atoms with van der Waals surface area (Å²) in [7, 11) is 0. The van der Waals surface area contributed by atoms with Gasteiger partial charge in [0.25, 0.3) is 5.91 Å². The molecule has 4 N–H and O–H groups in total. The van der Waals surface area contributed by atoms with Gasteiger partial charge in [0, 0.05) is 36.8 Å². The number of amides is 2. The van der Waals surface area contributed by atoms with Crippen LogP contribution in [0.4, 0.5) is 14.6 Å². The number of nitrogens with one attached hydrogen (secondary N) is 1. The quantitative estimate of drug-likeness (QED) is 0.331. The Morgan fingerprint density at radius 3 is 2.67 bits per heavy atom. The van der Waals surface area contributed by atoms with E-state index in [-0.39, 0.29) is 17.5 Å². The molecule has 5 heterocycles. The molecule has 2 atom stereocenters. The number of nitrogens with zero attached hydrogens (tertiary/aromatic N) is 4. The summed E-state index contributed by atoms with van der Waals surface area (Å²) in [6, 6.07) is 9.78. The van der Waals surface area contributed by atoms with E-state index in [0.717, 1.165) is 47.8 Å². The van der Waals surface area contributed by atoms with E-state index >= 15 is 0 Å². The zero-order valence-corrected chi connectivity index (χ0v) is 23.9. The molecule has 1 aromatic carbocycles. The number of aliphatic hydroxyl groups is 1. The van der Waals surface area contributed by atoms with Crippen molar-refractivity contribution in [3.8, 4) is 0 Å². The van der Waals surface area contributed by atoms with Gasteiger partial charge in [-0.1, -0.05) is 18.2 Å². The summed E-state index contributed by atoms with van der Waals surface area (Å²) in [5, 5.41) is 13.1. The number of pyridine rings is 2. The maximum atomic E-state index is 14.1. The highest BCUT2D eigenvalue weighted by molar-refractivity contribution is 6.06. The lowest BCUT2D eigenvalue weighted by Crippen LogP contribution is -2.35. The van der Waals surface area contributed by atoms with Gasteiger partial charge in [-0.05, 0) is 74.4 Å². The van der Waals surface area contributed by atoms with Gasteiger partial charge in [0.2, 0.25) is 5.91 Å². The lowest BCUT2D eigenvalue weighted by atomic mass is 9.79. The molecule has 2 amide bonds. The third kappa shape index (κ3) is 5.07. The first-order chi connectivity index (χ1) is 20.5. The average molecular weight is 587 g/mol. The first kappa shape index (κ1) is 28.6. The minimum Gasteiger partial charge on any atom is -0.384 e. The van der Waals surface area contributed by atoms with Crippen molar-refractivity contribution < 1.29 is 23.5 Å². The summed E-state index contributed by atoms with van der Waals surface area (Å²) in [4.78, 5) is 36.4. The predicted molar refractivity (Wildman–Crippen MR) is 154 cm³/mol. The highest BCUT2D eigenvalue weighted by Gasteiger charge is 2.51. The summed E-state index contributed by atoms with van der Waals surface area (Å²) in [6.45, 7) is 3.93. The van der Waals surface area contributed by atoms with Gasteiger partial charge in [-0.25, -0.2) is 18.7 Å². The topological polar surface area (TPSA) is 136 Å². The summed E-state index contributed by atoms with van der Waals surface area (Å²) in [6.07, 6.45) is 8.51. The monoisotopic (exact) mass is 586 g/mol. The number of anilines is 1. The molecule has 2 unspecified atom stereocenters. The van der Waals surface area contributed by atoms with E-state index in [0.29, 0.717) is 36.5 Å². The number of hydrogen-bond acceptors (Lipinski definition) is 6. The Kier molecular flexibility index (Phi) is 7.08.